The Kier molecular flexibility index (Phi) is 7.56. The van der Waals surface area contributed by atoms with Gasteiger partial charge in [-0.3, -0.25) is 0 Å². The molecule has 0 heterocycles. The summed E-state index contributed by atoms with van der Waals surface area (Å²) in [5.74, 6) is 0. The van der Waals surface area contributed by atoms with Crippen LogP contribution < -0.4 is 0 Å². The molecule has 0 fully saturated rings. The molecule has 3 nitrogen and oxygen atoms in total. The maximum Gasteiger partial charge on any atom is 0.504 e. The zero-order valence-corrected chi connectivity index (χ0v) is 13.6. The van der Waals surface area contributed by atoms with E-state index in [-0.39, 0.29) is 5.60 Å². The van der Waals surface area contributed by atoms with E-state index in [1.54, 1.807) is 0 Å². The Hall–Kier alpha value is 0.0969. The summed E-state index contributed by atoms with van der Waals surface area (Å²) in [6.45, 7) is 15.9. The molecular weight excluding hydrogens is 232 g/mol. The van der Waals surface area contributed by atoms with Crippen LogP contribution in [0.2, 0.25) is 5.54 Å². The second-order valence-corrected chi connectivity index (χ2v) is 8.00. The van der Waals surface area contributed by atoms with E-state index < -0.39 is 8.80 Å². The van der Waals surface area contributed by atoms with Crippen molar-refractivity contribution in [3.05, 3.63) is 0 Å². The lowest BCUT2D eigenvalue weighted by atomic mass is 10.2. The Morgan fingerprint density at radius 1 is 0.882 bits per heavy atom. The molecule has 0 aliphatic carbocycles. The summed E-state index contributed by atoms with van der Waals surface area (Å²) < 4.78 is 18.2. The van der Waals surface area contributed by atoms with Crippen LogP contribution >= 0.6 is 0 Å². The lowest BCUT2D eigenvalue weighted by molar-refractivity contribution is -0.00868. The van der Waals surface area contributed by atoms with E-state index in [9.17, 15) is 0 Å². The molecule has 0 aliphatic heterocycles. The molecule has 0 aromatic rings. The zero-order valence-electron chi connectivity index (χ0n) is 12.6. The predicted molar refractivity (Wildman–Crippen MR) is 74.2 cm³/mol. The minimum Gasteiger partial charge on any atom is -0.374 e. The molecule has 0 aliphatic rings. The topological polar surface area (TPSA) is 27.7 Å². The van der Waals surface area contributed by atoms with Crippen molar-refractivity contribution in [2.75, 3.05) is 13.2 Å². The van der Waals surface area contributed by atoms with Crippen molar-refractivity contribution in [3.63, 3.8) is 0 Å². The Morgan fingerprint density at radius 2 is 1.29 bits per heavy atom. The summed E-state index contributed by atoms with van der Waals surface area (Å²) >= 11 is 0. The molecule has 0 aromatic carbocycles. The predicted octanol–water partition coefficient (Wildman–Crippen LogP) is 4.00. The van der Waals surface area contributed by atoms with Gasteiger partial charge in [-0.05, 0) is 47.5 Å². The van der Waals surface area contributed by atoms with E-state index in [4.69, 9.17) is 13.3 Å². The maximum atomic E-state index is 6.24. The fourth-order valence-corrected chi connectivity index (χ4v) is 5.53. The van der Waals surface area contributed by atoms with Crippen molar-refractivity contribution < 1.29 is 13.3 Å². The molecule has 0 saturated heterocycles. The minimum atomic E-state index is -2.56. The smallest absolute Gasteiger partial charge is 0.374 e. The van der Waals surface area contributed by atoms with Gasteiger partial charge in [-0.1, -0.05) is 13.8 Å². The first-order valence-electron chi connectivity index (χ1n) is 6.83. The van der Waals surface area contributed by atoms with Gasteiger partial charge in [0.1, 0.15) is 0 Å². The summed E-state index contributed by atoms with van der Waals surface area (Å²) in [6, 6.07) is 0. The monoisotopic (exact) mass is 262 g/mol. The molecule has 0 saturated carbocycles. The largest absolute Gasteiger partial charge is 0.504 e. The van der Waals surface area contributed by atoms with E-state index in [1.807, 2.05) is 13.8 Å². The van der Waals surface area contributed by atoms with Gasteiger partial charge in [-0.15, -0.1) is 0 Å². The van der Waals surface area contributed by atoms with Gasteiger partial charge in [-0.2, -0.15) is 0 Å². The highest BCUT2D eigenvalue weighted by atomic mass is 28.4. The SMILES string of the molecule is CCO[Si](OCC)(OC(C)(C)C)C(CC)CC. The average Bonchev–Trinajstić information content (AvgIpc) is 2.17. The lowest BCUT2D eigenvalue weighted by Crippen LogP contribution is -2.54. The minimum absolute atomic E-state index is 0.223. The lowest BCUT2D eigenvalue weighted by Gasteiger charge is -2.39. The standard InChI is InChI=1S/C13H30O3Si/c1-8-12(9-2)17(14-10-3,15-11-4)16-13(5,6)7/h12H,8-11H2,1-7H3. The van der Waals surface area contributed by atoms with Crippen molar-refractivity contribution in [2.24, 2.45) is 0 Å². The van der Waals surface area contributed by atoms with Gasteiger partial charge in [0.05, 0.1) is 5.60 Å². The van der Waals surface area contributed by atoms with Crippen LogP contribution in [0.4, 0.5) is 0 Å². The van der Waals surface area contributed by atoms with Crippen molar-refractivity contribution >= 4 is 8.80 Å². The van der Waals surface area contributed by atoms with Crippen LogP contribution in [0, 0.1) is 0 Å². The highest BCUT2D eigenvalue weighted by Crippen LogP contribution is 2.34. The summed E-state index contributed by atoms with van der Waals surface area (Å²) in [4.78, 5) is 0. The van der Waals surface area contributed by atoms with Crippen LogP contribution in [0.5, 0.6) is 0 Å². The summed E-state index contributed by atoms with van der Waals surface area (Å²) in [5, 5.41) is 0. The van der Waals surface area contributed by atoms with E-state index >= 15 is 0 Å². The van der Waals surface area contributed by atoms with Crippen LogP contribution in [0.1, 0.15) is 61.3 Å². The molecule has 0 N–H and O–H groups in total. The first-order chi connectivity index (χ1) is 7.85. The van der Waals surface area contributed by atoms with Crippen molar-refractivity contribution in [1.29, 1.82) is 0 Å². The fourth-order valence-electron chi connectivity index (χ4n) is 2.04. The third-order valence-corrected chi connectivity index (χ3v) is 6.72. The number of hydrogen-bond donors (Lipinski definition) is 0. The molecule has 0 spiro atoms. The summed E-state index contributed by atoms with van der Waals surface area (Å²) in [6.07, 6.45) is 2.08. The van der Waals surface area contributed by atoms with Crippen LogP contribution in [-0.4, -0.2) is 27.6 Å². The second-order valence-electron chi connectivity index (χ2n) is 5.20. The van der Waals surface area contributed by atoms with Gasteiger partial charge in [-0.25, -0.2) is 0 Å². The van der Waals surface area contributed by atoms with Gasteiger partial charge in [0, 0.05) is 18.8 Å². The molecule has 0 unspecified atom stereocenters. The van der Waals surface area contributed by atoms with E-state index in [0.717, 1.165) is 12.8 Å². The van der Waals surface area contributed by atoms with Crippen LogP contribution in [0.25, 0.3) is 0 Å². The quantitative estimate of drug-likeness (QED) is 0.619. The molecule has 0 rings (SSSR count). The van der Waals surface area contributed by atoms with Crippen molar-refractivity contribution in [3.8, 4) is 0 Å². The van der Waals surface area contributed by atoms with Crippen LogP contribution in [0.3, 0.4) is 0 Å². The molecule has 0 radical (unpaired) electrons. The molecule has 104 valence electrons. The first-order valence-corrected chi connectivity index (χ1v) is 8.63. The Balaban J connectivity index is 5.09. The molecule has 0 bridgehead atoms. The molecule has 17 heavy (non-hydrogen) atoms. The number of hydrogen-bond acceptors (Lipinski definition) is 3. The van der Waals surface area contributed by atoms with Crippen LogP contribution in [-0.2, 0) is 13.3 Å². The Labute approximate surface area is 108 Å². The Morgan fingerprint density at radius 3 is 1.53 bits per heavy atom. The first kappa shape index (κ1) is 17.1. The maximum absolute atomic E-state index is 6.24. The van der Waals surface area contributed by atoms with Crippen molar-refractivity contribution in [2.45, 2.75) is 72.5 Å². The fraction of sp³-hybridized carbons (Fsp3) is 1.00. The van der Waals surface area contributed by atoms with Gasteiger partial charge < -0.3 is 13.3 Å². The zero-order chi connectivity index (χ0) is 13.5. The van der Waals surface area contributed by atoms with Crippen LogP contribution in [0.15, 0.2) is 0 Å². The second kappa shape index (κ2) is 7.51. The Bertz CT molecular complexity index is 191. The van der Waals surface area contributed by atoms with E-state index in [0.29, 0.717) is 18.8 Å². The molecule has 0 amide bonds. The third-order valence-electron chi connectivity index (χ3n) is 2.63. The van der Waals surface area contributed by atoms with Gasteiger partial charge in [0.2, 0.25) is 0 Å². The third kappa shape index (κ3) is 5.51. The molecule has 0 atom stereocenters. The normalized spacial score (nSPS) is 13.4. The van der Waals surface area contributed by atoms with E-state index in [1.165, 1.54) is 0 Å². The highest BCUT2D eigenvalue weighted by Gasteiger charge is 2.50. The summed E-state index contributed by atoms with van der Waals surface area (Å²) in [7, 11) is -2.56. The van der Waals surface area contributed by atoms with Crippen molar-refractivity contribution in [1.82, 2.24) is 0 Å². The molecule has 4 heteroatoms. The average molecular weight is 262 g/mol. The van der Waals surface area contributed by atoms with Gasteiger partial charge >= 0.3 is 8.80 Å². The van der Waals surface area contributed by atoms with Gasteiger partial charge in [0.25, 0.3) is 0 Å². The highest BCUT2D eigenvalue weighted by molar-refractivity contribution is 6.62. The summed E-state index contributed by atoms with van der Waals surface area (Å²) in [5.41, 5.74) is 0.167. The number of rotatable bonds is 8. The van der Waals surface area contributed by atoms with Gasteiger partial charge in [0.15, 0.2) is 0 Å². The molecule has 0 aromatic heterocycles. The van der Waals surface area contributed by atoms with E-state index in [2.05, 4.69) is 34.6 Å². The molecular formula is C13H30O3Si.